The highest BCUT2D eigenvalue weighted by Crippen LogP contribution is 2.14. The molecule has 0 bridgehead atoms. The number of benzene rings is 1. The number of anilines is 1. The van der Waals surface area contributed by atoms with Gasteiger partial charge in [0.25, 0.3) is 5.91 Å². The molecule has 0 saturated heterocycles. The minimum absolute atomic E-state index is 0.137. The van der Waals surface area contributed by atoms with E-state index in [1.807, 2.05) is 48.9 Å². The number of carbonyl (C=O) groups excluding carboxylic acids is 1. The topological polar surface area (TPSA) is 72.3 Å². The van der Waals surface area contributed by atoms with Gasteiger partial charge in [0.15, 0.2) is 0 Å². The van der Waals surface area contributed by atoms with Crippen LogP contribution in [0.4, 0.5) is 5.82 Å². The number of nitrogens with zero attached hydrogens (tertiary/aromatic N) is 4. The van der Waals surface area contributed by atoms with E-state index in [9.17, 15) is 4.79 Å². The molecular formula is C20H23N5O2. The lowest BCUT2D eigenvalue weighted by molar-refractivity contribution is 0.0951. The molecule has 7 nitrogen and oxygen atoms in total. The normalized spacial score (nSPS) is 10.5. The van der Waals surface area contributed by atoms with Crippen LogP contribution >= 0.6 is 0 Å². The molecular weight excluding hydrogens is 342 g/mol. The third kappa shape index (κ3) is 4.84. The zero-order valence-corrected chi connectivity index (χ0v) is 15.7. The molecule has 0 fully saturated rings. The number of hydrogen-bond acceptors (Lipinski definition) is 5. The van der Waals surface area contributed by atoms with Crippen LogP contribution in [0.5, 0.6) is 5.75 Å². The average Bonchev–Trinajstić information content (AvgIpc) is 3.10. The fraction of sp³-hybridized carbons (Fsp3) is 0.250. The molecule has 7 heteroatoms. The van der Waals surface area contributed by atoms with Crippen molar-refractivity contribution in [2.75, 3.05) is 19.0 Å². The Balaban J connectivity index is 1.51. The Labute approximate surface area is 158 Å². The second-order valence-corrected chi connectivity index (χ2v) is 6.37. The Bertz CT molecular complexity index is 885. The minimum atomic E-state index is -0.137. The van der Waals surface area contributed by atoms with E-state index in [1.54, 1.807) is 36.7 Å². The van der Waals surface area contributed by atoms with E-state index in [-0.39, 0.29) is 5.91 Å². The lowest BCUT2D eigenvalue weighted by atomic mass is 10.2. The Morgan fingerprint density at radius 3 is 2.52 bits per heavy atom. The number of rotatable bonds is 7. The van der Waals surface area contributed by atoms with Crippen LogP contribution in [-0.4, -0.2) is 34.5 Å². The fourth-order valence-corrected chi connectivity index (χ4v) is 2.46. The number of amides is 1. The maximum Gasteiger partial charge on any atom is 0.251 e. The van der Waals surface area contributed by atoms with Crippen LogP contribution in [0.25, 0.3) is 0 Å². The van der Waals surface area contributed by atoms with Crippen molar-refractivity contribution in [1.29, 1.82) is 0 Å². The first-order valence-corrected chi connectivity index (χ1v) is 8.62. The molecule has 0 radical (unpaired) electrons. The number of imidazole rings is 1. The van der Waals surface area contributed by atoms with Gasteiger partial charge in [0.1, 0.15) is 24.0 Å². The summed E-state index contributed by atoms with van der Waals surface area (Å²) in [6, 6.07) is 10.9. The Kier molecular flexibility index (Phi) is 5.71. The predicted octanol–water partition coefficient (Wildman–Crippen LogP) is 2.39. The van der Waals surface area contributed by atoms with Crippen LogP contribution in [-0.2, 0) is 20.2 Å². The maximum absolute atomic E-state index is 12.3. The van der Waals surface area contributed by atoms with Crippen LogP contribution in [0, 0.1) is 0 Å². The van der Waals surface area contributed by atoms with Gasteiger partial charge in [-0.1, -0.05) is 6.07 Å². The zero-order valence-electron chi connectivity index (χ0n) is 15.7. The molecule has 140 valence electrons. The number of aryl methyl sites for hydroxylation is 1. The van der Waals surface area contributed by atoms with Gasteiger partial charge in [-0.3, -0.25) is 4.79 Å². The minimum Gasteiger partial charge on any atom is -0.486 e. The summed E-state index contributed by atoms with van der Waals surface area (Å²) in [6.07, 6.45) is 5.37. The van der Waals surface area contributed by atoms with Crippen molar-refractivity contribution in [3.63, 3.8) is 0 Å². The smallest absolute Gasteiger partial charge is 0.251 e. The first-order chi connectivity index (χ1) is 13.0. The summed E-state index contributed by atoms with van der Waals surface area (Å²) in [4.78, 5) is 22.8. The summed E-state index contributed by atoms with van der Waals surface area (Å²) in [7, 11) is 5.80. The van der Waals surface area contributed by atoms with E-state index in [1.165, 1.54) is 0 Å². The fourth-order valence-electron chi connectivity index (χ4n) is 2.46. The Hall–Kier alpha value is -3.35. The first kappa shape index (κ1) is 18.4. The van der Waals surface area contributed by atoms with E-state index < -0.39 is 0 Å². The number of pyridine rings is 1. The lowest BCUT2D eigenvalue weighted by Gasteiger charge is -2.11. The first-order valence-electron chi connectivity index (χ1n) is 8.62. The van der Waals surface area contributed by atoms with Gasteiger partial charge in [0.2, 0.25) is 0 Å². The van der Waals surface area contributed by atoms with Gasteiger partial charge < -0.3 is 19.5 Å². The third-order valence-electron chi connectivity index (χ3n) is 4.13. The molecule has 0 atom stereocenters. The number of aromatic nitrogens is 3. The summed E-state index contributed by atoms with van der Waals surface area (Å²) in [5.74, 6) is 2.28. The SMILES string of the molecule is CN(C)c1ccc(CNC(=O)c2ccc(OCc3nccn3C)cc2)cn1. The van der Waals surface area contributed by atoms with E-state index in [0.29, 0.717) is 24.5 Å². The summed E-state index contributed by atoms with van der Waals surface area (Å²) in [5, 5.41) is 2.90. The quantitative estimate of drug-likeness (QED) is 0.696. The molecule has 0 unspecified atom stereocenters. The van der Waals surface area contributed by atoms with Crippen molar-refractivity contribution in [2.24, 2.45) is 7.05 Å². The number of carbonyl (C=O) groups is 1. The molecule has 0 saturated carbocycles. The van der Waals surface area contributed by atoms with Gasteiger partial charge in [-0.2, -0.15) is 0 Å². The van der Waals surface area contributed by atoms with Crippen molar-refractivity contribution < 1.29 is 9.53 Å². The van der Waals surface area contributed by atoms with Crippen molar-refractivity contribution in [3.05, 3.63) is 71.9 Å². The molecule has 2 aromatic heterocycles. The van der Waals surface area contributed by atoms with E-state index in [2.05, 4.69) is 15.3 Å². The Morgan fingerprint density at radius 2 is 1.93 bits per heavy atom. The number of hydrogen-bond donors (Lipinski definition) is 1. The molecule has 3 aromatic rings. The number of ether oxygens (including phenoxy) is 1. The molecule has 1 amide bonds. The van der Waals surface area contributed by atoms with E-state index >= 15 is 0 Å². The monoisotopic (exact) mass is 365 g/mol. The second-order valence-electron chi connectivity index (χ2n) is 6.37. The van der Waals surface area contributed by atoms with Gasteiger partial charge in [0, 0.05) is 51.8 Å². The number of nitrogens with one attached hydrogen (secondary N) is 1. The third-order valence-corrected chi connectivity index (χ3v) is 4.13. The highest BCUT2D eigenvalue weighted by molar-refractivity contribution is 5.94. The Morgan fingerprint density at radius 1 is 1.15 bits per heavy atom. The van der Waals surface area contributed by atoms with Crippen molar-refractivity contribution >= 4 is 11.7 Å². The molecule has 0 spiro atoms. The van der Waals surface area contributed by atoms with Gasteiger partial charge in [-0.15, -0.1) is 0 Å². The van der Waals surface area contributed by atoms with Crippen LogP contribution in [0.2, 0.25) is 0 Å². The van der Waals surface area contributed by atoms with Gasteiger partial charge in [-0.05, 0) is 35.9 Å². The zero-order chi connectivity index (χ0) is 19.2. The molecule has 1 aromatic carbocycles. The summed E-state index contributed by atoms with van der Waals surface area (Å²) >= 11 is 0. The van der Waals surface area contributed by atoms with Crippen molar-refractivity contribution in [1.82, 2.24) is 19.9 Å². The molecule has 2 heterocycles. The van der Waals surface area contributed by atoms with E-state index in [0.717, 1.165) is 17.2 Å². The largest absolute Gasteiger partial charge is 0.486 e. The van der Waals surface area contributed by atoms with Gasteiger partial charge >= 0.3 is 0 Å². The van der Waals surface area contributed by atoms with Crippen LogP contribution in [0.15, 0.2) is 55.0 Å². The molecule has 0 aliphatic carbocycles. The van der Waals surface area contributed by atoms with Gasteiger partial charge in [-0.25, -0.2) is 9.97 Å². The summed E-state index contributed by atoms with van der Waals surface area (Å²) in [6.45, 7) is 0.807. The molecule has 0 aliphatic heterocycles. The van der Waals surface area contributed by atoms with Crippen LogP contribution < -0.4 is 15.0 Å². The van der Waals surface area contributed by atoms with Crippen molar-refractivity contribution in [3.8, 4) is 5.75 Å². The second kappa shape index (κ2) is 8.35. The highest BCUT2D eigenvalue weighted by atomic mass is 16.5. The molecule has 0 aliphatic rings. The van der Waals surface area contributed by atoms with Crippen molar-refractivity contribution in [2.45, 2.75) is 13.2 Å². The van der Waals surface area contributed by atoms with Crippen LogP contribution in [0.1, 0.15) is 21.7 Å². The standard InChI is InChI=1S/C20H23N5O2/c1-24(2)18-9-4-15(12-22-18)13-23-20(26)16-5-7-17(8-6-16)27-14-19-21-10-11-25(19)3/h4-12H,13-14H2,1-3H3,(H,23,26). The summed E-state index contributed by atoms with van der Waals surface area (Å²) in [5.41, 5.74) is 1.53. The van der Waals surface area contributed by atoms with E-state index in [4.69, 9.17) is 4.74 Å². The molecule has 27 heavy (non-hydrogen) atoms. The summed E-state index contributed by atoms with van der Waals surface area (Å²) < 4.78 is 7.60. The predicted molar refractivity (Wildman–Crippen MR) is 104 cm³/mol. The molecule has 3 rings (SSSR count). The molecule has 1 N–H and O–H groups in total. The lowest BCUT2D eigenvalue weighted by Crippen LogP contribution is -2.22. The van der Waals surface area contributed by atoms with Gasteiger partial charge in [0.05, 0.1) is 0 Å². The van der Waals surface area contributed by atoms with Crippen LogP contribution in [0.3, 0.4) is 0 Å². The average molecular weight is 365 g/mol. The highest BCUT2D eigenvalue weighted by Gasteiger charge is 2.07. The maximum atomic E-state index is 12.3.